The molecule has 2 aromatic rings. The maximum absolute atomic E-state index is 12.9. The number of anilines is 1. The van der Waals surface area contributed by atoms with Crippen molar-refractivity contribution in [2.45, 2.75) is 18.8 Å². The van der Waals surface area contributed by atoms with Crippen LogP contribution < -0.4 is 10.7 Å². The van der Waals surface area contributed by atoms with Crippen LogP contribution >= 0.6 is 0 Å². The molecule has 2 fully saturated rings. The molecule has 2 aromatic heterocycles. The van der Waals surface area contributed by atoms with Gasteiger partial charge in [-0.3, -0.25) is 4.79 Å². The number of likely N-dealkylation sites (tertiary alicyclic amines) is 1. The van der Waals surface area contributed by atoms with E-state index >= 15 is 0 Å². The fourth-order valence-electron chi connectivity index (χ4n) is 3.32. The summed E-state index contributed by atoms with van der Waals surface area (Å²) in [6.45, 7) is 2.22. The van der Waals surface area contributed by atoms with E-state index in [2.05, 4.69) is 20.2 Å². The zero-order valence-electron chi connectivity index (χ0n) is 13.4. The summed E-state index contributed by atoms with van der Waals surface area (Å²) in [7, 11) is 0. The smallest absolute Gasteiger partial charge is 0.392 e. The summed E-state index contributed by atoms with van der Waals surface area (Å²) in [5, 5.41) is 6.13. The van der Waals surface area contributed by atoms with Gasteiger partial charge in [-0.1, -0.05) is 0 Å². The fourth-order valence-corrected chi connectivity index (χ4v) is 3.32. The number of piperidine rings is 1. The largest absolute Gasteiger partial charge is 0.434 e. The van der Waals surface area contributed by atoms with Crippen LogP contribution in [-0.4, -0.2) is 57.2 Å². The molecule has 25 heavy (non-hydrogen) atoms. The van der Waals surface area contributed by atoms with E-state index in [9.17, 15) is 14.0 Å². The molecule has 0 aliphatic carbocycles. The van der Waals surface area contributed by atoms with Crippen LogP contribution in [0.4, 0.5) is 10.3 Å². The number of aromatic nitrogens is 4. The van der Waals surface area contributed by atoms with Crippen LogP contribution in [0.25, 0.3) is 0 Å². The second-order valence-electron chi connectivity index (χ2n) is 6.38. The average Bonchev–Trinajstić information content (AvgIpc) is 3.02. The molecule has 2 saturated heterocycles. The number of carbonyl (C=O) groups is 1. The molecular weight excluding hydrogens is 331 g/mol. The van der Waals surface area contributed by atoms with E-state index in [-0.39, 0.29) is 17.7 Å². The minimum Gasteiger partial charge on any atom is -0.392 e. The maximum atomic E-state index is 12.9. The summed E-state index contributed by atoms with van der Waals surface area (Å²) in [6.07, 6.45) is 3.90. The van der Waals surface area contributed by atoms with Gasteiger partial charge in [-0.05, 0) is 12.8 Å². The molecule has 9 nitrogen and oxygen atoms in total. The van der Waals surface area contributed by atoms with Crippen molar-refractivity contribution in [2.75, 3.05) is 31.1 Å². The van der Waals surface area contributed by atoms with Gasteiger partial charge in [0.05, 0.1) is 24.2 Å². The molecule has 0 bridgehead atoms. The molecule has 4 rings (SSSR count). The lowest BCUT2D eigenvalue weighted by molar-refractivity contribution is -0.137. The Bertz CT molecular complexity index is 813. The Kier molecular flexibility index (Phi) is 3.94. The van der Waals surface area contributed by atoms with Crippen LogP contribution in [-0.2, 0) is 4.79 Å². The molecule has 0 saturated carbocycles. The average molecular weight is 348 g/mol. The SMILES string of the molecule is O=C(C1CN(c2ncc(F)cn2)C1)N1CCCC(c2n[nH]c(=O)o2)C1. The predicted octanol–water partition coefficient (Wildman–Crippen LogP) is 0.134. The highest BCUT2D eigenvalue weighted by molar-refractivity contribution is 5.82. The monoisotopic (exact) mass is 348 g/mol. The molecular formula is C15H17FN6O3. The number of carbonyl (C=O) groups excluding carboxylic acids is 1. The van der Waals surface area contributed by atoms with Crippen LogP contribution in [0.1, 0.15) is 24.7 Å². The Morgan fingerprint density at radius 3 is 2.72 bits per heavy atom. The normalized spacial score (nSPS) is 21.2. The number of nitrogens with one attached hydrogen (secondary N) is 1. The number of halogens is 1. The van der Waals surface area contributed by atoms with E-state index in [1.807, 2.05) is 4.90 Å². The molecule has 2 aliphatic rings. The third-order valence-corrected chi connectivity index (χ3v) is 4.66. The molecule has 1 unspecified atom stereocenters. The van der Waals surface area contributed by atoms with Crippen LogP contribution in [0.15, 0.2) is 21.6 Å². The van der Waals surface area contributed by atoms with Gasteiger partial charge in [-0.15, -0.1) is 5.10 Å². The Hall–Kier alpha value is -2.78. The van der Waals surface area contributed by atoms with Crippen molar-refractivity contribution in [3.8, 4) is 0 Å². The molecule has 10 heteroatoms. The van der Waals surface area contributed by atoms with Crippen LogP contribution in [0.5, 0.6) is 0 Å². The van der Waals surface area contributed by atoms with Gasteiger partial charge < -0.3 is 14.2 Å². The first kappa shape index (κ1) is 15.7. The highest BCUT2D eigenvalue weighted by Crippen LogP contribution is 2.28. The number of nitrogens with zero attached hydrogens (tertiary/aromatic N) is 5. The number of aromatic amines is 1. The van der Waals surface area contributed by atoms with E-state index in [0.29, 0.717) is 38.0 Å². The first-order valence-electron chi connectivity index (χ1n) is 8.17. The van der Waals surface area contributed by atoms with E-state index < -0.39 is 11.6 Å². The van der Waals surface area contributed by atoms with Crippen molar-refractivity contribution >= 4 is 11.9 Å². The lowest BCUT2D eigenvalue weighted by atomic mass is 9.94. The van der Waals surface area contributed by atoms with Crippen molar-refractivity contribution in [1.29, 1.82) is 0 Å². The minimum absolute atomic E-state index is 0.0618. The van der Waals surface area contributed by atoms with Crippen molar-refractivity contribution < 1.29 is 13.6 Å². The summed E-state index contributed by atoms with van der Waals surface area (Å²) in [4.78, 5) is 35.3. The molecule has 0 radical (unpaired) electrons. The third-order valence-electron chi connectivity index (χ3n) is 4.66. The number of amides is 1. The first-order chi connectivity index (χ1) is 12.1. The van der Waals surface area contributed by atoms with Gasteiger partial charge in [-0.2, -0.15) is 0 Å². The van der Waals surface area contributed by atoms with Crippen molar-refractivity contribution in [3.63, 3.8) is 0 Å². The molecule has 0 aromatic carbocycles. The summed E-state index contributed by atoms with van der Waals surface area (Å²) in [5.74, 6) is -0.390. The molecule has 0 spiro atoms. The summed E-state index contributed by atoms with van der Waals surface area (Å²) in [5.41, 5.74) is 0. The third kappa shape index (κ3) is 3.11. The predicted molar refractivity (Wildman–Crippen MR) is 83.4 cm³/mol. The van der Waals surface area contributed by atoms with Gasteiger partial charge in [0.2, 0.25) is 17.7 Å². The summed E-state index contributed by atoms with van der Waals surface area (Å²) >= 11 is 0. The van der Waals surface area contributed by atoms with Gasteiger partial charge in [-0.25, -0.2) is 24.3 Å². The molecule has 1 N–H and O–H groups in total. The van der Waals surface area contributed by atoms with Crippen LogP contribution in [0.2, 0.25) is 0 Å². The number of rotatable bonds is 3. The van der Waals surface area contributed by atoms with Crippen molar-refractivity contribution in [3.05, 3.63) is 34.7 Å². The van der Waals surface area contributed by atoms with Crippen LogP contribution in [0.3, 0.4) is 0 Å². The Morgan fingerprint density at radius 2 is 2.04 bits per heavy atom. The van der Waals surface area contributed by atoms with Gasteiger partial charge in [0, 0.05) is 26.2 Å². The number of hydrogen-bond donors (Lipinski definition) is 1. The number of hydrogen-bond acceptors (Lipinski definition) is 7. The van der Waals surface area contributed by atoms with Crippen LogP contribution in [0, 0.1) is 11.7 Å². The molecule has 2 aliphatic heterocycles. The Balaban J connectivity index is 1.35. The van der Waals surface area contributed by atoms with Crippen molar-refractivity contribution in [2.24, 2.45) is 5.92 Å². The standard InChI is InChI=1S/C15H17FN6O3/c16-11-4-17-14(18-5-11)22-7-10(8-22)13(23)21-3-1-2-9(6-21)12-19-20-15(24)25-12/h4-5,9-10H,1-3,6-8H2,(H,20,24). The highest BCUT2D eigenvalue weighted by Gasteiger charge is 2.38. The Labute approximate surface area is 141 Å². The lowest BCUT2D eigenvalue weighted by Gasteiger charge is -2.42. The number of H-pyrrole nitrogens is 1. The van der Waals surface area contributed by atoms with E-state index in [1.165, 1.54) is 0 Å². The molecule has 1 amide bonds. The molecule has 1 atom stereocenters. The minimum atomic E-state index is -0.576. The second kappa shape index (κ2) is 6.26. The lowest BCUT2D eigenvalue weighted by Crippen LogP contribution is -2.56. The van der Waals surface area contributed by atoms with E-state index in [0.717, 1.165) is 25.2 Å². The molecule has 132 valence electrons. The van der Waals surface area contributed by atoms with Gasteiger partial charge in [0.1, 0.15) is 0 Å². The van der Waals surface area contributed by atoms with E-state index in [1.54, 1.807) is 4.90 Å². The summed E-state index contributed by atoms with van der Waals surface area (Å²) in [6, 6.07) is 0. The van der Waals surface area contributed by atoms with Crippen molar-refractivity contribution in [1.82, 2.24) is 25.1 Å². The zero-order valence-corrected chi connectivity index (χ0v) is 13.4. The van der Waals surface area contributed by atoms with Gasteiger partial charge in [0.15, 0.2) is 5.82 Å². The maximum Gasteiger partial charge on any atom is 0.434 e. The second-order valence-corrected chi connectivity index (χ2v) is 6.38. The topological polar surface area (TPSA) is 108 Å². The zero-order chi connectivity index (χ0) is 17.4. The summed E-state index contributed by atoms with van der Waals surface area (Å²) < 4.78 is 17.9. The van der Waals surface area contributed by atoms with Gasteiger partial charge in [0.25, 0.3) is 0 Å². The quantitative estimate of drug-likeness (QED) is 0.840. The fraction of sp³-hybridized carbons (Fsp3) is 0.533. The molecule has 4 heterocycles. The highest BCUT2D eigenvalue weighted by atomic mass is 19.1. The van der Waals surface area contributed by atoms with Gasteiger partial charge >= 0.3 is 5.76 Å². The Morgan fingerprint density at radius 1 is 1.28 bits per heavy atom. The first-order valence-corrected chi connectivity index (χ1v) is 8.17. The van der Waals surface area contributed by atoms with E-state index in [4.69, 9.17) is 4.42 Å².